The lowest BCUT2D eigenvalue weighted by molar-refractivity contribution is -0.114. The molecule has 0 fully saturated rings. The summed E-state index contributed by atoms with van der Waals surface area (Å²) in [5.74, 6) is -0.293. The Labute approximate surface area is 143 Å². The van der Waals surface area contributed by atoms with Crippen LogP contribution in [0.4, 0.5) is 10.8 Å². The molecule has 0 bridgehead atoms. The summed E-state index contributed by atoms with van der Waals surface area (Å²) < 4.78 is 0.916. The molecule has 0 aliphatic heterocycles. The van der Waals surface area contributed by atoms with Gasteiger partial charge in [-0.25, -0.2) is 4.98 Å². The van der Waals surface area contributed by atoms with E-state index in [0.29, 0.717) is 16.4 Å². The summed E-state index contributed by atoms with van der Waals surface area (Å²) in [5, 5.41) is 6.19. The minimum atomic E-state index is -0.153. The van der Waals surface area contributed by atoms with Gasteiger partial charge < -0.3 is 10.6 Å². The smallest absolute Gasteiger partial charge is 0.255 e. The molecule has 2 amide bonds. The number of anilines is 2. The number of hydrogen-bond donors (Lipinski definition) is 2. The van der Waals surface area contributed by atoms with Gasteiger partial charge >= 0.3 is 0 Å². The summed E-state index contributed by atoms with van der Waals surface area (Å²) in [7, 11) is 0. The molecular weight excluding hydrogens is 322 g/mol. The van der Waals surface area contributed by atoms with Crippen molar-refractivity contribution in [3.8, 4) is 0 Å². The highest BCUT2D eigenvalue weighted by Crippen LogP contribution is 2.31. The molecule has 3 aromatic rings. The third-order valence-electron chi connectivity index (χ3n) is 3.62. The van der Waals surface area contributed by atoms with Crippen LogP contribution in [0.2, 0.25) is 0 Å². The Morgan fingerprint density at radius 1 is 1.04 bits per heavy atom. The second kappa shape index (κ2) is 6.41. The Balaban J connectivity index is 1.91. The Kier molecular flexibility index (Phi) is 4.31. The van der Waals surface area contributed by atoms with Crippen molar-refractivity contribution in [3.63, 3.8) is 0 Å². The van der Waals surface area contributed by atoms with Gasteiger partial charge in [-0.2, -0.15) is 0 Å². The van der Waals surface area contributed by atoms with E-state index in [1.165, 1.54) is 18.3 Å². The van der Waals surface area contributed by atoms with Gasteiger partial charge in [-0.1, -0.05) is 29.5 Å². The second-order valence-corrected chi connectivity index (χ2v) is 6.64. The summed E-state index contributed by atoms with van der Waals surface area (Å²) in [5.41, 5.74) is 4.07. The monoisotopic (exact) mass is 339 g/mol. The van der Waals surface area contributed by atoms with Gasteiger partial charge in [0.1, 0.15) is 0 Å². The maximum atomic E-state index is 12.5. The van der Waals surface area contributed by atoms with E-state index < -0.39 is 0 Å². The Hall–Kier alpha value is -2.73. The topological polar surface area (TPSA) is 71.1 Å². The molecule has 0 radical (unpaired) electrons. The van der Waals surface area contributed by atoms with Gasteiger partial charge in [0.05, 0.1) is 10.2 Å². The first-order valence-electron chi connectivity index (χ1n) is 7.50. The van der Waals surface area contributed by atoms with E-state index in [2.05, 4.69) is 15.6 Å². The summed E-state index contributed by atoms with van der Waals surface area (Å²) in [6.45, 7) is 5.29. The first-order valence-corrected chi connectivity index (χ1v) is 8.31. The fourth-order valence-electron chi connectivity index (χ4n) is 2.50. The lowest BCUT2D eigenvalue weighted by Gasteiger charge is -2.08. The third-order valence-corrected chi connectivity index (χ3v) is 4.53. The number of hydrogen-bond acceptors (Lipinski definition) is 4. The average molecular weight is 339 g/mol. The van der Waals surface area contributed by atoms with Gasteiger partial charge in [-0.15, -0.1) is 0 Å². The quantitative estimate of drug-likeness (QED) is 0.754. The van der Waals surface area contributed by atoms with Gasteiger partial charge in [0.25, 0.3) is 5.91 Å². The molecule has 24 heavy (non-hydrogen) atoms. The van der Waals surface area contributed by atoms with Crippen LogP contribution in [-0.4, -0.2) is 16.8 Å². The number of carbonyl (C=O) groups excluding carboxylic acids is 2. The summed E-state index contributed by atoms with van der Waals surface area (Å²) >= 11 is 1.39. The minimum absolute atomic E-state index is 0.140. The number of fused-ring (bicyclic) bond motifs is 1. The molecule has 2 N–H and O–H groups in total. The minimum Gasteiger partial charge on any atom is -0.322 e. The molecule has 3 rings (SSSR count). The fraction of sp³-hybridized carbons (Fsp3) is 0.167. The van der Waals surface area contributed by atoms with E-state index in [1.807, 2.05) is 44.2 Å². The first-order chi connectivity index (χ1) is 11.4. The highest BCUT2D eigenvalue weighted by atomic mass is 32.1. The van der Waals surface area contributed by atoms with Gasteiger partial charge in [0, 0.05) is 18.2 Å². The Morgan fingerprint density at radius 3 is 2.50 bits per heavy atom. The van der Waals surface area contributed by atoms with Crippen LogP contribution in [-0.2, 0) is 4.79 Å². The maximum absolute atomic E-state index is 12.5. The number of amides is 2. The number of carbonyl (C=O) groups is 2. The number of thiazole rings is 1. The van der Waals surface area contributed by atoms with Crippen molar-refractivity contribution in [3.05, 3.63) is 53.1 Å². The zero-order chi connectivity index (χ0) is 17.3. The van der Waals surface area contributed by atoms with E-state index in [4.69, 9.17) is 0 Å². The van der Waals surface area contributed by atoms with Crippen molar-refractivity contribution < 1.29 is 9.59 Å². The molecular formula is C18H17N3O2S. The van der Waals surface area contributed by atoms with Crippen LogP contribution >= 0.6 is 11.3 Å². The number of rotatable bonds is 3. The summed E-state index contributed by atoms with van der Waals surface area (Å²) in [4.78, 5) is 28.0. The molecule has 0 spiro atoms. The molecule has 122 valence electrons. The first kappa shape index (κ1) is 16.1. The predicted octanol–water partition coefficient (Wildman–Crippen LogP) is 4.12. The molecule has 0 aliphatic rings. The van der Waals surface area contributed by atoms with Crippen molar-refractivity contribution >= 4 is 44.2 Å². The molecule has 1 heterocycles. The lowest BCUT2D eigenvalue weighted by atomic mass is 10.1. The number of benzene rings is 2. The number of aryl methyl sites for hydroxylation is 2. The van der Waals surface area contributed by atoms with Crippen LogP contribution in [0, 0.1) is 13.8 Å². The van der Waals surface area contributed by atoms with Gasteiger partial charge in [0.15, 0.2) is 5.13 Å². The van der Waals surface area contributed by atoms with Crippen LogP contribution in [0.1, 0.15) is 28.4 Å². The maximum Gasteiger partial charge on any atom is 0.255 e. The molecule has 5 nitrogen and oxygen atoms in total. The zero-order valence-corrected chi connectivity index (χ0v) is 14.5. The molecule has 0 saturated carbocycles. The zero-order valence-electron chi connectivity index (χ0n) is 13.6. The molecule has 0 unspecified atom stereocenters. The fourth-order valence-corrected chi connectivity index (χ4v) is 3.53. The normalized spacial score (nSPS) is 10.6. The van der Waals surface area contributed by atoms with Crippen molar-refractivity contribution in [2.24, 2.45) is 0 Å². The van der Waals surface area contributed by atoms with Gasteiger partial charge in [0.2, 0.25) is 5.91 Å². The van der Waals surface area contributed by atoms with E-state index in [1.54, 1.807) is 6.07 Å². The highest BCUT2D eigenvalue weighted by Gasteiger charge is 2.12. The van der Waals surface area contributed by atoms with E-state index in [9.17, 15) is 9.59 Å². The SMILES string of the molecule is CC(=O)Nc1nc2c(C)cc(NC(=O)c3ccccc3C)cc2s1. The number of nitrogens with zero attached hydrogens (tertiary/aromatic N) is 1. The summed E-state index contributed by atoms with van der Waals surface area (Å²) in [6, 6.07) is 11.2. The molecule has 2 aromatic carbocycles. The van der Waals surface area contributed by atoms with Crippen LogP contribution in [0.15, 0.2) is 36.4 Å². The molecule has 0 aliphatic carbocycles. The highest BCUT2D eigenvalue weighted by molar-refractivity contribution is 7.22. The summed E-state index contributed by atoms with van der Waals surface area (Å²) in [6.07, 6.45) is 0. The van der Waals surface area contributed by atoms with Crippen molar-refractivity contribution in [1.29, 1.82) is 0 Å². The largest absolute Gasteiger partial charge is 0.322 e. The van der Waals surface area contributed by atoms with Crippen molar-refractivity contribution in [2.45, 2.75) is 20.8 Å². The van der Waals surface area contributed by atoms with Crippen LogP contribution in [0.25, 0.3) is 10.2 Å². The lowest BCUT2D eigenvalue weighted by Crippen LogP contribution is -2.13. The Morgan fingerprint density at radius 2 is 1.79 bits per heavy atom. The second-order valence-electron chi connectivity index (χ2n) is 5.61. The molecule has 0 saturated heterocycles. The average Bonchev–Trinajstić information content (AvgIpc) is 2.89. The molecule has 0 atom stereocenters. The van der Waals surface area contributed by atoms with Crippen molar-refractivity contribution in [2.75, 3.05) is 10.6 Å². The van der Waals surface area contributed by atoms with E-state index >= 15 is 0 Å². The van der Waals surface area contributed by atoms with Gasteiger partial charge in [-0.05, 0) is 43.2 Å². The van der Waals surface area contributed by atoms with Crippen LogP contribution in [0.5, 0.6) is 0 Å². The predicted molar refractivity (Wildman–Crippen MR) is 97.8 cm³/mol. The van der Waals surface area contributed by atoms with E-state index in [0.717, 1.165) is 21.3 Å². The number of aromatic nitrogens is 1. The molecule has 1 aromatic heterocycles. The molecule has 6 heteroatoms. The standard InChI is InChI=1S/C18H17N3O2S/c1-10-6-4-5-7-14(10)17(23)20-13-8-11(2)16-15(9-13)24-18(21-16)19-12(3)22/h4-9H,1-3H3,(H,20,23)(H,19,21,22). The van der Waals surface area contributed by atoms with Gasteiger partial charge in [-0.3, -0.25) is 9.59 Å². The van der Waals surface area contributed by atoms with Crippen molar-refractivity contribution in [1.82, 2.24) is 4.98 Å². The van der Waals surface area contributed by atoms with Crippen LogP contribution < -0.4 is 10.6 Å². The number of nitrogens with one attached hydrogen (secondary N) is 2. The van der Waals surface area contributed by atoms with Crippen LogP contribution in [0.3, 0.4) is 0 Å². The Bertz CT molecular complexity index is 947. The third kappa shape index (κ3) is 3.28. The van der Waals surface area contributed by atoms with E-state index in [-0.39, 0.29) is 11.8 Å².